The molecule has 2 aromatic carbocycles. The summed E-state index contributed by atoms with van der Waals surface area (Å²) in [6.45, 7) is 2.05. The van der Waals surface area contributed by atoms with Crippen LogP contribution in [0, 0.1) is 0 Å². The van der Waals surface area contributed by atoms with E-state index in [-0.39, 0.29) is 5.91 Å². The summed E-state index contributed by atoms with van der Waals surface area (Å²) in [4.78, 5) is 17.2. The Balaban J connectivity index is 1.71. The van der Waals surface area contributed by atoms with E-state index in [0.29, 0.717) is 22.8 Å². The van der Waals surface area contributed by atoms with Crippen molar-refractivity contribution in [2.24, 2.45) is 0 Å². The second-order valence-electron chi connectivity index (χ2n) is 6.66. The lowest BCUT2D eigenvalue weighted by Crippen LogP contribution is -2.14. The zero-order chi connectivity index (χ0) is 21.1. The number of hydrogen-bond donors (Lipinski definition) is 1. The van der Waals surface area contributed by atoms with Gasteiger partial charge in [0, 0.05) is 23.5 Å². The van der Waals surface area contributed by atoms with Gasteiger partial charge in [0.15, 0.2) is 22.8 Å². The number of carbonyl (C=O) groups is 1. The fraction of sp³-hybridized carbons (Fsp3) is 0.174. The highest BCUT2D eigenvalue weighted by Crippen LogP contribution is 2.32. The summed E-state index contributed by atoms with van der Waals surface area (Å²) in [6, 6.07) is 16.9. The standard InChI is InChI=1S/C23H22N4O3/c1-4-15-7-5-6-8-17(15)25-23(28)18-14-22-24-12-11-19(27(22)26-18)16-9-10-20(29-2)21(13-16)30-3/h5-14H,4H2,1-3H3,(H,25,28). The van der Waals surface area contributed by atoms with Crippen LogP contribution < -0.4 is 14.8 Å². The SMILES string of the molecule is CCc1ccccc1NC(=O)c1cc2nccc(-c3ccc(OC)c(OC)c3)n2n1. The first kappa shape index (κ1) is 19.4. The van der Waals surface area contributed by atoms with Gasteiger partial charge in [0.2, 0.25) is 0 Å². The van der Waals surface area contributed by atoms with Crippen molar-refractivity contribution >= 4 is 17.2 Å². The Morgan fingerprint density at radius 3 is 2.60 bits per heavy atom. The van der Waals surface area contributed by atoms with Gasteiger partial charge in [0.05, 0.1) is 19.9 Å². The van der Waals surface area contributed by atoms with E-state index in [1.165, 1.54) is 0 Å². The number of carbonyl (C=O) groups excluding carboxylic acids is 1. The molecule has 30 heavy (non-hydrogen) atoms. The summed E-state index contributed by atoms with van der Waals surface area (Å²) < 4.78 is 12.4. The normalized spacial score (nSPS) is 10.8. The van der Waals surface area contributed by atoms with Gasteiger partial charge in [0.1, 0.15) is 0 Å². The first-order valence-corrected chi connectivity index (χ1v) is 9.61. The van der Waals surface area contributed by atoms with Crippen molar-refractivity contribution in [2.75, 3.05) is 19.5 Å². The van der Waals surface area contributed by atoms with Crippen LogP contribution in [0.1, 0.15) is 23.0 Å². The molecule has 2 aromatic heterocycles. The molecule has 152 valence electrons. The molecular formula is C23H22N4O3. The van der Waals surface area contributed by atoms with Crippen LogP contribution in [0.3, 0.4) is 0 Å². The lowest BCUT2D eigenvalue weighted by molar-refractivity contribution is 0.102. The van der Waals surface area contributed by atoms with E-state index in [9.17, 15) is 4.79 Å². The zero-order valence-electron chi connectivity index (χ0n) is 17.0. The van der Waals surface area contributed by atoms with Crippen LogP contribution >= 0.6 is 0 Å². The van der Waals surface area contributed by atoms with E-state index in [0.717, 1.165) is 28.9 Å². The minimum atomic E-state index is -0.278. The Morgan fingerprint density at radius 2 is 1.83 bits per heavy atom. The van der Waals surface area contributed by atoms with Gasteiger partial charge in [-0.1, -0.05) is 25.1 Å². The zero-order valence-corrected chi connectivity index (χ0v) is 17.0. The molecule has 4 rings (SSSR count). The third kappa shape index (κ3) is 3.57. The van der Waals surface area contributed by atoms with Crippen molar-refractivity contribution in [3.8, 4) is 22.8 Å². The number of aromatic nitrogens is 3. The van der Waals surface area contributed by atoms with Crippen LogP contribution in [0.4, 0.5) is 5.69 Å². The fourth-order valence-electron chi connectivity index (χ4n) is 3.36. The van der Waals surface area contributed by atoms with E-state index in [1.54, 1.807) is 31.0 Å². The monoisotopic (exact) mass is 402 g/mol. The molecule has 7 nitrogen and oxygen atoms in total. The highest BCUT2D eigenvalue weighted by Gasteiger charge is 2.16. The number of para-hydroxylation sites is 1. The molecule has 4 aromatic rings. The van der Waals surface area contributed by atoms with Crippen LogP contribution in [0.25, 0.3) is 16.9 Å². The predicted molar refractivity (Wildman–Crippen MR) is 115 cm³/mol. The molecule has 0 radical (unpaired) electrons. The van der Waals surface area contributed by atoms with E-state index in [2.05, 4.69) is 22.3 Å². The van der Waals surface area contributed by atoms with E-state index >= 15 is 0 Å². The third-order valence-corrected chi connectivity index (χ3v) is 4.92. The molecule has 0 bridgehead atoms. The lowest BCUT2D eigenvalue weighted by atomic mass is 10.1. The minimum absolute atomic E-state index is 0.278. The van der Waals surface area contributed by atoms with Gasteiger partial charge >= 0.3 is 0 Å². The molecule has 1 N–H and O–H groups in total. The maximum atomic E-state index is 12.8. The Hall–Kier alpha value is -3.87. The number of nitrogens with zero attached hydrogens (tertiary/aromatic N) is 3. The number of methoxy groups -OCH3 is 2. The number of amides is 1. The maximum Gasteiger partial charge on any atom is 0.276 e. The summed E-state index contributed by atoms with van der Waals surface area (Å²) in [5, 5.41) is 7.46. The number of nitrogens with one attached hydrogen (secondary N) is 1. The highest BCUT2D eigenvalue weighted by atomic mass is 16.5. The average Bonchev–Trinajstić information content (AvgIpc) is 3.23. The Morgan fingerprint density at radius 1 is 1.03 bits per heavy atom. The quantitative estimate of drug-likeness (QED) is 0.522. The predicted octanol–water partition coefficient (Wildman–Crippen LogP) is 4.23. The number of aryl methyl sites for hydroxylation is 1. The van der Waals surface area contributed by atoms with Crippen LogP contribution in [0.5, 0.6) is 11.5 Å². The molecule has 0 aliphatic rings. The fourth-order valence-corrected chi connectivity index (χ4v) is 3.36. The minimum Gasteiger partial charge on any atom is -0.493 e. The van der Waals surface area contributed by atoms with Gasteiger partial charge in [0.25, 0.3) is 5.91 Å². The second-order valence-corrected chi connectivity index (χ2v) is 6.66. The smallest absolute Gasteiger partial charge is 0.276 e. The van der Waals surface area contributed by atoms with Crippen molar-refractivity contribution in [1.29, 1.82) is 0 Å². The lowest BCUT2D eigenvalue weighted by Gasteiger charge is -2.10. The number of hydrogen-bond acceptors (Lipinski definition) is 5. The number of benzene rings is 2. The molecule has 0 aliphatic carbocycles. The molecule has 7 heteroatoms. The molecule has 0 atom stereocenters. The van der Waals surface area contributed by atoms with Crippen LogP contribution in [0.2, 0.25) is 0 Å². The van der Waals surface area contributed by atoms with Gasteiger partial charge < -0.3 is 14.8 Å². The summed E-state index contributed by atoms with van der Waals surface area (Å²) in [7, 11) is 3.19. The molecular weight excluding hydrogens is 380 g/mol. The summed E-state index contributed by atoms with van der Waals surface area (Å²) in [5.41, 5.74) is 4.38. The van der Waals surface area contributed by atoms with Gasteiger partial charge in [-0.2, -0.15) is 5.10 Å². The van der Waals surface area contributed by atoms with Crippen molar-refractivity contribution in [3.05, 3.63) is 72.1 Å². The molecule has 0 fully saturated rings. The van der Waals surface area contributed by atoms with Gasteiger partial charge in [-0.25, -0.2) is 9.50 Å². The molecule has 0 saturated heterocycles. The van der Waals surface area contributed by atoms with E-state index in [4.69, 9.17) is 9.47 Å². The topological polar surface area (TPSA) is 77.8 Å². The van der Waals surface area contributed by atoms with Crippen molar-refractivity contribution in [1.82, 2.24) is 14.6 Å². The average molecular weight is 402 g/mol. The second kappa shape index (κ2) is 8.24. The maximum absolute atomic E-state index is 12.8. The Bertz CT molecular complexity index is 1220. The van der Waals surface area contributed by atoms with Gasteiger partial charge in [-0.15, -0.1) is 0 Å². The highest BCUT2D eigenvalue weighted by molar-refractivity contribution is 6.04. The summed E-state index contributed by atoms with van der Waals surface area (Å²) in [6.07, 6.45) is 2.52. The van der Waals surface area contributed by atoms with Crippen molar-refractivity contribution in [3.63, 3.8) is 0 Å². The van der Waals surface area contributed by atoms with Gasteiger partial charge in [-0.3, -0.25) is 4.79 Å². The molecule has 0 unspecified atom stereocenters. The van der Waals surface area contributed by atoms with Crippen LogP contribution in [-0.2, 0) is 6.42 Å². The Kier molecular flexibility index (Phi) is 5.34. The van der Waals surface area contributed by atoms with Crippen LogP contribution in [-0.4, -0.2) is 34.7 Å². The van der Waals surface area contributed by atoms with Gasteiger partial charge in [-0.05, 0) is 42.3 Å². The third-order valence-electron chi connectivity index (χ3n) is 4.92. The first-order chi connectivity index (χ1) is 14.6. The largest absolute Gasteiger partial charge is 0.493 e. The van der Waals surface area contributed by atoms with E-state index < -0.39 is 0 Å². The first-order valence-electron chi connectivity index (χ1n) is 9.61. The number of fused-ring (bicyclic) bond motifs is 1. The molecule has 0 aliphatic heterocycles. The molecule has 0 saturated carbocycles. The van der Waals surface area contributed by atoms with Crippen molar-refractivity contribution in [2.45, 2.75) is 13.3 Å². The summed E-state index contributed by atoms with van der Waals surface area (Å²) >= 11 is 0. The Labute approximate surface area is 174 Å². The van der Waals surface area contributed by atoms with Crippen LogP contribution in [0.15, 0.2) is 60.8 Å². The molecule has 1 amide bonds. The molecule has 0 spiro atoms. The summed E-state index contributed by atoms with van der Waals surface area (Å²) in [5.74, 6) is 0.975. The van der Waals surface area contributed by atoms with E-state index in [1.807, 2.05) is 48.5 Å². The number of anilines is 1. The molecule has 2 heterocycles. The number of ether oxygens (including phenoxy) is 2. The van der Waals surface area contributed by atoms with Crippen molar-refractivity contribution < 1.29 is 14.3 Å². The number of rotatable bonds is 6.